The third kappa shape index (κ3) is 3.89. The third-order valence-corrected chi connectivity index (χ3v) is 0.953. The maximum atomic E-state index is 10.1. The molecule has 0 aromatic rings. The van der Waals surface area contributed by atoms with Gasteiger partial charge in [-0.2, -0.15) is 0 Å². The van der Waals surface area contributed by atoms with Crippen LogP contribution < -0.4 is 5.73 Å². The molecule has 0 aromatic heterocycles. The summed E-state index contributed by atoms with van der Waals surface area (Å²) < 4.78 is 0. The molecule has 4 N–H and O–H groups in total. The highest BCUT2D eigenvalue weighted by molar-refractivity contribution is 5.73. The van der Waals surface area contributed by atoms with E-state index in [0.717, 1.165) is 6.20 Å². The lowest BCUT2D eigenvalue weighted by Gasteiger charge is -2.00. The lowest BCUT2D eigenvalue weighted by atomic mass is 10.2. The number of hydrogen-bond donors (Lipinski definition) is 3. The zero-order chi connectivity index (χ0) is 8.85. The molecule has 0 saturated heterocycles. The molecule has 6 nitrogen and oxygen atoms in total. The van der Waals surface area contributed by atoms with E-state index in [9.17, 15) is 4.79 Å². The maximum Gasteiger partial charge on any atom is 0.387 e. The Hall–Kier alpha value is -1.61. The summed E-state index contributed by atoms with van der Waals surface area (Å²) in [6, 6.07) is -1.17. The second kappa shape index (κ2) is 4.24. The van der Waals surface area contributed by atoms with E-state index in [1.807, 2.05) is 0 Å². The van der Waals surface area contributed by atoms with Gasteiger partial charge in [0.05, 0.1) is 0 Å². The molecular formula is C5H8N3O3+. The Morgan fingerprint density at radius 2 is 2.27 bits per heavy atom. The number of hydrogen-bond acceptors (Lipinski definition) is 4. The van der Waals surface area contributed by atoms with Gasteiger partial charge in [0.1, 0.15) is 6.04 Å². The van der Waals surface area contributed by atoms with Crippen molar-refractivity contribution in [2.24, 2.45) is 5.73 Å². The van der Waals surface area contributed by atoms with Crippen molar-refractivity contribution >= 4 is 5.97 Å². The standard InChI is InChI=1S/C5H7N3O3/c6-4(5(10)11)1-3(9)2-8-7/h2,4H,1,6H2,(H-,9,10,11)/p+1/b3-2+. The van der Waals surface area contributed by atoms with Crippen molar-refractivity contribution in [3.8, 4) is 0 Å². The summed E-state index contributed by atoms with van der Waals surface area (Å²) in [7, 11) is 0. The fourth-order valence-corrected chi connectivity index (χ4v) is 0.432. The Morgan fingerprint density at radius 3 is 2.64 bits per heavy atom. The number of aliphatic carboxylic acids is 1. The van der Waals surface area contributed by atoms with Crippen molar-refractivity contribution in [1.29, 1.82) is 5.39 Å². The predicted molar refractivity (Wildman–Crippen MR) is 36.0 cm³/mol. The summed E-state index contributed by atoms with van der Waals surface area (Å²) in [6.45, 7) is 0. The highest BCUT2D eigenvalue weighted by Gasteiger charge is 2.14. The molecule has 0 fully saturated rings. The largest absolute Gasteiger partial charge is 0.505 e. The number of carboxylic acid groups (broad SMARTS) is 1. The Balaban J connectivity index is 3.97. The highest BCUT2D eigenvalue weighted by Crippen LogP contribution is 1.99. The summed E-state index contributed by atoms with van der Waals surface area (Å²) >= 11 is 0. The maximum absolute atomic E-state index is 10.1. The quantitative estimate of drug-likeness (QED) is 0.396. The van der Waals surface area contributed by atoms with Crippen LogP contribution in [0.5, 0.6) is 0 Å². The van der Waals surface area contributed by atoms with Crippen molar-refractivity contribution in [1.82, 2.24) is 0 Å². The molecule has 0 aromatic carbocycles. The van der Waals surface area contributed by atoms with Gasteiger partial charge in [-0.3, -0.25) is 4.79 Å². The summed E-state index contributed by atoms with van der Waals surface area (Å²) in [5.74, 6) is -1.59. The molecule has 0 aliphatic heterocycles. The molecule has 1 atom stereocenters. The molecule has 0 aliphatic rings. The van der Waals surface area contributed by atoms with Gasteiger partial charge in [0, 0.05) is 6.42 Å². The summed E-state index contributed by atoms with van der Waals surface area (Å²) in [4.78, 5) is 12.6. The zero-order valence-electron chi connectivity index (χ0n) is 5.64. The van der Waals surface area contributed by atoms with E-state index in [1.165, 1.54) is 0 Å². The average Bonchev–Trinajstić information content (AvgIpc) is 1.87. The van der Waals surface area contributed by atoms with Crippen LogP contribution in [0, 0.1) is 5.39 Å². The van der Waals surface area contributed by atoms with E-state index in [2.05, 4.69) is 4.98 Å². The number of aliphatic hydroxyl groups excluding tert-OH is 1. The molecule has 0 aliphatic carbocycles. The first-order chi connectivity index (χ1) is 5.07. The van der Waals surface area contributed by atoms with E-state index in [1.54, 1.807) is 0 Å². The number of diazo groups is 1. The first-order valence-electron chi connectivity index (χ1n) is 2.78. The summed E-state index contributed by atoms with van der Waals surface area (Å²) in [6.07, 6.45) is 0.474. The van der Waals surface area contributed by atoms with Gasteiger partial charge in [0.25, 0.3) is 0 Å². The van der Waals surface area contributed by atoms with Gasteiger partial charge in [0.2, 0.25) is 5.39 Å². The zero-order valence-corrected chi connectivity index (χ0v) is 5.64. The van der Waals surface area contributed by atoms with Crippen molar-refractivity contribution in [3.63, 3.8) is 0 Å². The lowest BCUT2D eigenvalue weighted by molar-refractivity contribution is -0.138. The van der Waals surface area contributed by atoms with E-state index < -0.39 is 12.0 Å². The van der Waals surface area contributed by atoms with Gasteiger partial charge in [-0.15, -0.1) is 0 Å². The third-order valence-electron chi connectivity index (χ3n) is 0.953. The molecule has 0 amide bonds. The Morgan fingerprint density at radius 1 is 1.73 bits per heavy atom. The number of carbonyl (C=O) groups is 1. The minimum atomic E-state index is -1.22. The van der Waals surface area contributed by atoms with Gasteiger partial charge >= 0.3 is 12.2 Å². The second-order valence-electron chi connectivity index (χ2n) is 1.88. The molecule has 0 rings (SSSR count). The lowest BCUT2D eigenvalue weighted by Crippen LogP contribution is -2.30. The van der Waals surface area contributed by atoms with Crippen molar-refractivity contribution in [3.05, 3.63) is 16.9 Å². The van der Waals surface area contributed by atoms with Gasteiger partial charge in [-0.25, -0.2) is 0 Å². The topological polar surface area (TPSA) is 112 Å². The van der Waals surface area contributed by atoms with Crippen LogP contribution in [0.4, 0.5) is 0 Å². The van der Waals surface area contributed by atoms with Gasteiger partial charge in [-0.1, -0.05) is 0 Å². The fraction of sp³-hybridized carbons (Fsp3) is 0.400. The molecule has 1 unspecified atom stereocenters. The fourth-order valence-electron chi connectivity index (χ4n) is 0.432. The Bertz CT molecular complexity index is 218. The van der Waals surface area contributed by atoms with Crippen LogP contribution in [0.1, 0.15) is 6.42 Å². The predicted octanol–water partition coefficient (Wildman–Crippen LogP) is 0.0409. The average molecular weight is 158 g/mol. The number of rotatable bonds is 3. The molecule has 0 heterocycles. The molecule has 6 heteroatoms. The molecule has 60 valence electrons. The van der Waals surface area contributed by atoms with Crippen molar-refractivity contribution in [2.75, 3.05) is 0 Å². The summed E-state index contributed by atoms with van der Waals surface area (Å²) in [5, 5.41) is 24.9. The summed E-state index contributed by atoms with van der Waals surface area (Å²) in [5.41, 5.74) is 5.02. The molecule has 0 spiro atoms. The van der Waals surface area contributed by atoms with Crippen LogP contribution in [-0.4, -0.2) is 22.2 Å². The highest BCUT2D eigenvalue weighted by atomic mass is 16.4. The van der Waals surface area contributed by atoms with Crippen molar-refractivity contribution in [2.45, 2.75) is 12.5 Å². The van der Waals surface area contributed by atoms with E-state index >= 15 is 0 Å². The van der Waals surface area contributed by atoms with Crippen molar-refractivity contribution < 1.29 is 15.0 Å². The number of carboxylic acids is 1. The van der Waals surface area contributed by atoms with E-state index in [0.29, 0.717) is 0 Å². The van der Waals surface area contributed by atoms with Crippen LogP contribution in [0.3, 0.4) is 0 Å². The molecular weight excluding hydrogens is 150 g/mol. The normalized spacial score (nSPS) is 13.6. The second-order valence-corrected chi connectivity index (χ2v) is 1.88. The van der Waals surface area contributed by atoms with Gasteiger partial charge < -0.3 is 15.9 Å². The van der Waals surface area contributed by atoms with Crippen LogP contribution in [0.25, 0.3) is 4.98 Å². The monoisotopic (exact) mass is 158 g/mol. The van der Waals surface area contributed by atoms with Crippen LogP contribution >= 0.6 is 0 Å². The smallest absolute Gasteiger partial charge is 0.387 e. The minimum Gasteiger partial charge on any atom is -0.505 e. The van der Waals surface area contributed by atoms with Gasteiger partial charge in [0.15, 0.2) is 10.7 Å². The number of nitrogens with zero attached hydrogens (tertiary/aromatic N) is 2. The molecule has 0 saturated carbocycles. The molecule has 11 heavy (non-hydrogen) atoms. The molecule has 0 bridgehead atoms. The SMILES string of the molecule is N#[N+]/C=C(/O)CC(N)C(=O)O. The molecule has 0 radical (unpaired) electrons. The van der Waals surface area contributed by atoms with Gasteiger partial charge in [-0.05, 0) is 0 Å². The Labute approximate surface area is 62.6 Å². The van der Waals surface area contributed by atoms with Crippen LogP contribution in [0.2, 0.25) is 0 Å². The van der Waals surface area contributed by atoms with E-state index in [4.69, 9.17) is 21.3 Å². The minimum absolute atomic E-state index is 0.251. The first kappa shape index (κ1) is 9.39. The first-order valence-corrected chi connectivity index (χ1v) is 2.78. The van der Waals surface area contributed by atoms with Crippen LogP contribution in [0.15, 0.2) is 12.0 Å². The number of aliphatic hydroxyl groups is 1. The number of nitrogens with two attached hydrogens (primary N) is 1. The van der Waals surface area contributed by atoms with E-state index in [-0.39, 0.29) is 12.2 Å². The van der Waals surface area contributed by atoms with Crippen LogP contribution in [-0.2, 0) is 4.79 Å². The Kier molecular flexibility index (Phi) is 3.62.